The van der Waals surface area contributed by atoms with Gasteiger partial charge < -0.3 is 10.1 Å². The highest BCUT2D eigenvalue weighted by molar-refractivity contribution is 6.13. The van der Waals surface area contributed by atoms with Gasteiger partial charge in [-0.05, 0) is 60.4 Å². The number of anilines is 1. The van der Waals surface area contributed by atoms with Crippen LogP contribution in [-0.2, 0) is 12.8 Å². The lowest BCUT2D eigenvalue weighted by Gasteiger charge is -2.16. The number of carbonyl (C=O) groups excluding carboxylic acids is 1. The molecule has 4 rings (SSSR count). The molecule has 0 saturated carbocycles. The molecule has 0 aliphatic carbocycles. The number of aryl methyl sites for hydroxylation is 2. The van der Waals surface area contributed by atoms with Crippen LogP contribution in [0.5, 0.6) is 5.75 Å². The number of para-hydroxylation sites is 2. The standard InChI is InChI=1S/C27H26N2O2/c1-4-18-9-8-10-19(5-2)26(18)29-27(30)23-17-25(20-13-15-21(31-3)16-14-20)28-24-12-7-6-11-22(23)24/h6-17H,4-5H2,1-3H3,(H,29,30). The monoisotopic (exact) mass is 410 g/mol. The van der Waals surface area contributed by atoms with Gasteiger partial charge in [0.1, 0.15) is 5.75 Å². The molecule has 3 aromatic carbocycles. The van der Waals surface area contributed by atoms with Gasteiger partial charge in [0, 0.05) is 16.6 Å². The summed E-state index contributed by atoms with van der Waals surface area (Å²) >= 11 is 0. The van der Waals surface area contributed by atoms with E-state index in [1.54, 1.807) is 7.11 Å². The van der Waals surface area contributed by atoms with Crippen molar-refractivity contribution in [3.8, 4) is 17.0 Å². The SMILES string of the molecule is CCc1cccc(CC)c1NC(=O)c1cc(-c2ccc(OC)cc2)nc2ccccc12. The van der Waals surface area contributed by atoms with Crippen LogP contribution < -0.4 is 10.1 Å². The molecule has 156 valence electrons. The van der Waals surface area contributed by atoms with Gasteiger partial charge in [0.05, 0.1) is 23.9 Å². The lowest BCUT2D eigenvalue weighted by atomic mass is 10.0. The first-order valence-corrected chi connectivity index (χ1v) is 10.6. The van der Waals surface area contributed by atoms with Gasteiger partial charge in [-0.15, -0.1) is 0 Å². The first kappa shape index (κ1) is 20.6. The number of pyridine rings is 1. The fourth-order valence-electron chi connectivity index (χ4n) is 3.86. The number of hydrogen-bond acceptors (Lipinski definition) is 3. The van der Waals surface area contributed by atoms with E-state index in [0.717, 1.165) is 57.6 Å². The minimum absolute atomic E-state index is 0.121. The number of fused-ring (bicyclic) bond motifs is 1. The van der Waals surface area contributed by atoms with Gasteiger partial charge in [0.25, 0.3) is 5.91 Å². The van der Waals surface area contributed by atoms with Crippen molar-refractivity contribution in [1.82, 2.24) is 4.98 Å². The number of methoxy groups -OCH3 is 1. The number of rotatable bonds is 6. The van der Waals surface area contributed by atoms with Crippen LogP contribution in [-0.4, -0.2) is 18.0 Å². The lowest BCUT2D eigenvalue weighted by Crippen LogP contribution is -2.16. The highest BCUT2D eigenvalue weighted by Crippen LogP contribution is 2.28. The Kier molecular flexibility index (Phi) is 5.99. The number of hydrogen-bond donors (Lipinski definition) is 1. The molecule has 0 radical (unpaired) electrons. The average molecular weight is 411 g/mol. The maximum atomic E-state index is 13.5. The number of carbonyl (C=O) groups is 1. The topological polar surface area (TPSA) is 51.2 Å². The molecule has 0 saturated heterocycles. The summed E-state index contributed by atoms with van der Waals surface area (Å²) in [4.78, 5) is 18.3. The molecular weight excluding hydrogens is 384 g/mol. The Morgan fingerprint density at radius 1 is 0.903 bits per heavy atom. The molecule has 1 aromatic heterocycles. The molecular formula is C27H26N2O2. The van der Waals surface area contributed by atoms with Crippen molar-refractivity contribution >= 4 is 22.5 Å². The number of benzene rings is 3. The van der Waals surface area contributed by atoms with Crippen LogP contribution in [0.25, 0.3) is 22.2 Å². The maximum absolute atomic E-state index is 13.5. The van der Waals surface area contributed by atoms with Crippen molar-refractivity contribution in [1.29, 1.82) is 0 Å². The fourth-order valence-corrected chi connectivity index (χ4v) is 3.86. The zero-order valence-corrected chi connectivity index (χ0v) is 18.1. The number of aromatic nitrogens is 1. The van der Waals surface area contributed by atoms with Gasteiger partial charge in [-0.3, -0.25) is 4.79 Å². The molecule has 0 unspecified atom stereocenters. The maximum Gasteiger partial charge on any atom is 0.256 e. The Morgan fingerprint density at radius 3 is 2.23 bits per heavy atom. The number of nitrogens with one attached hydrogen (secondary N) is 1. The van der Waals surface area contributed by atoms with Crippen LogP contribution >= 0.6 is 0 Å². The molecule has 0 atom stereocenters. The van der Waals surface area contributed by atoms with E-state index in [1.165, 1.54) is 0 Å². The molecule has 1 amide bonds. The summed E-state index contributed by atoms with van der Waals surface area (Å²) in [6, 6.07) is 23.5. The molecule has 4 heteroatoms. The summed E-state index contributed by atoms with van der Waals surface area (Å²) in [5, 5.41) is 4.04. The zero-order valence-electron chi connectivity index (χ0n) is 18.1. The second-order valence-electron chi connectivity index (χ2n) is 7.41. The number of amides is 1. The predicted octanol–water partition coefficient (Wildman–Crippen LogP) is 6.29. The molecule has 1 N–H and O–H groups in total. The minimum atomic E-state index is -0.121. The molecule has 0 aliphatic rings. The third-order valence-electron chi connectivity index (χ3n) is 5.58. The van der Waals surface area contributed by atoms with E-state index in [2.05, 4.69) is 37.4 Å². The summed E-state index contributed by atoms with van der Waals surface area (Å²) in [5.74, 6) is 0.662. The van der Waals surface area contributed by atoms with E-state index < -0.39 is 0 Å². The molecule has 0 fully saturated rings. The summed E-state index contributed by atoms with van der Waals surface area (Å²) < 4.78 is 5.26. The minimum Gasteiger partial charge on any atom is -0.497 e. The van der Waals surface area contributed by atoms with Crippen molar-refractivity contribution < 1.29 is 9.53 Å². The summed E-state index contributed by atoms with van der Waals surface area (Å²) in [5.41, 5.74) is 6.30. The molecule has 0 aliphatic heterocycles. The quantitative estimate of drug-likeness (QED) is 0.406. The Labute approximate surface area is 182 Å². The zero-order chi connectivity index (χ0) is 21.8. The van der Waals surface area contributed by atoms with E-state index in [-0.39, 0.29) is 5.91 Å². The van der Waals surface area contributed by atoms with Gasteiger partial charge in [-0.1, -0.05) is 50.2 Å². The van der Waals surface area contributed by atoms with Crippen LogP contribution in [0.1, 0.15) is 35.3 Å². The van der Waals surface area contributed by atoms with E-state index in [9.17, 15) is 4.79 Å². The summed E-state index contributed by atoms with van der Waals surface area (Å²) in [6.07, 6.45) is 1.72. The summed E-state index contributed by atoms with van der Waals surface area (Å²) in [7, 11) is 1.64. The fraction of sp³-hybridized carbons (Fsp3) is 0.185. The molecule has 0 spiro atoms. The van der Waals surface area contributed by atoms with Crippen LogP contribution in [0, 0.1) is 0 Å². The van der Waals surface area contributed by atoms with Gasteiger partial charge in [-0.2, -0.15) is 0 Å². The Morgan fingerprint density at radius 2 is 1.58 bits per heavy atom. The van der Waals surface area contributed by atoms with E-state index in [1.807, 2.05) is 54.6 Å². The van der Waals surface area contributed by atoms with Gasteiger partial charge >= 0.3 is 0 Å². The van der Waals surface area contributed by atoms with E-state index in [0.29, 0.717) is 5.56 Å². The summed E-state index contributed by atoms with van der Waals surface area (Å²) in [6.45, 7) is 4.21. The first-order valence-electron chi connectivity index (χ1n) is 10.6. The Hall–Kier alpha value is -3.66. The van der Waals surface area contributed by atoms with Crippen molar-refractivity contribution in [2.45, 2.75) is 26.7 Å². The normalized spacial score (nSPS) is 10.8. The molecule has 31 heavy (non-hydrogen) atoms. The van der Waals surface area contributed by atoms with Crippen LogP contribution in [0.4, 0.5) is 5.69 Å². The number of nitrogens with zero attached hydrogens (tertiary/aromatic N) is 1. The highest BCUT2D eigenvalue weighted by atomic mass is 16.5. The molecule has 4 nitrogen and oxygen atoms in total. The first-order chi connectivity index (χ1) is 15.1. The van der Waals surface area contributed by atoms with Crippen molar-refractivity contribution in [2.75, 3.05) is 12.4 Å². The second-order valence-corrected chi connectivity index (χ2v) is 7.41. The van der Waals surface area contributed by atoms with Gasteiger partial charge in [-0.25, -0.2) is 4.98 Å². The van der Waals surface area contributed by atoms with Gasteiger partial charge in [0.2, 0.25) is 0 Å². The second kappa shape index (κ2) is 9.00. The van der Waals surface area contributed by atoms with Crippen molar-refractivity contribution in [3.63, 3.8) is 0 Å². The van der Waals surface area contributed by atoms with Crippen molar-refractivity contribution in [3.05, 3.63) is 89.5 Å². The highest BCUT2D eigenvalue weighted by Gasteiger charge is 2.16. The third-order valence-corrected chi connectivity index (χ3v) is 5.58. The van der Waals surface area contributed by atoms with Crippen LogP contribution in [0.2, 0.25) is 0 Å². The molecule has 1 heterocycles. The van der Waals surface area contributed by atoms with E-state index >= 15 is 0 Å². The van der Waals surface area contributed by atoms with Crippen LogP contribution in [0.15, 0.2) is 72.8 Å². The van der Waals surface area contributed by atoms with Crippen molar-refractivity contribution in [2.24, 2.45) is 0 Å². The molecule has 0 bridgehead atoms. The Bertz CT molecular complexity index is 1210. The number of ether oxygens (including phenoxy) is 1. The Balaban J connectivity index is 1.80. The lowest BCUT2D eigenvalue weighted by molar-refractivity contribution is 0.102. The van der Waals surface area contributed by atoms with Gasteiger partial charge in [0.15, 0.2) is 0 Å². The average Bonchev–Trinajstić information content (AvgIpc) is 2.83. The third kappa shape index (κ3) is 4.15. The molecule has 4 aromatic rings. The van der Waals surface area contributed by atoms with Crippen LogP contribution in [0.3, 0.4) is 0 Å². The predicted molar refractivity (Wildman–Crippen MR) is 127 cm³/mol. The largest absolute Gasteiger partial charge is 0.497 e. The smallest absolute Gasteiger partial charge is 0.256 e. The van der Waals surface area contributed by atoms with E-state index in [4.69, 9.17) is 9.72 Å².